The zero-order valence-corrected chi connectivity index (χ0v) is 26.8. The smallest absolute Gasteiger partial charge is 0.264 e. The summed E-state index contributed by atoms with van der Waals surface area (Å²) in [6.45, 7) is 3.59. The van der Waals surface area contributed by atoms with E-state index in [0.717, 1.165) is 21.0 Å². The summed E-state index contributed by atoms with van der Waals surface area (Å²) >= 11 is 0. The van der Waals surface area contributed by atoms with Crippen LogP contribution in [0.15, 0.2) is 108 Å². The van der Waals surface area contributed by atoms with Crippen LogP contribution in [0.2, 0.25) is 0 Å². The van der Waals surface area contributed by atoms with Crippen molar-refractivity contribution in [1.82, 2.24) is 10.2 Å². The quantitative estimate of drug-likeness (QED) is 0.211. The molecule has 0 radical (unpaired) electrons. The Balaban J connectivity index is 1.80. The molecular weight excluding hydrogens is 590 g/mol. The number of hydrogen-bond acceptors (Lipinski definition) is 6. The van der Waals surface area contributed by atoms with Crippen LogP contribution >= 0.6 is 0 Å². The number of nitrogens with one attached hydrogen (secondary N) is 1. The molecule has 9 nitrogen and oxygen atoms in total. The van der Waals surface area contributed by atoms with E-state index in [2.05, 4.69) is 5.32 Å². The lowest BCUT2D eigenvalue weighted by Crippen LogP contribution is -2.53. The first-order chi connectivity index (χ1) is 21.7. The molecule has 0 aliphatic rings. The summed E-state index contributed by atoms with van der Waals surface area (Å²) < 4.78 is 40.0. The fourth-order valence-corrected chi connectivity index (χ4v) is 6.34. The summed E-state index contributed by atoms with van der Waals surface area (Å²) in [6.07, 6.45) is 0.234. The van der Waals surface area contributed by atoms with E-state index >= 15 is 0 Å². The van der Waals surface area contributed by atoms with Gasteiger partial charge in [0.25, 0.3) is 10.0 Å². The summed E-state index contributed by atoms with van der Waals surface area (Å²) in [5.74, 6) is 0.225. The van der Waals surface area contributed by atoms with E-state index in [-0.39, 0.29) is 23.8 Å². The second kappa shape index (κ2) is 15.3. The van der Waals surface area contributed by atoms with E-state index in [1.54, 1.807) is 55.6 Å². The number of anilines is 1. The van der Waals surface area contributed by atoms with Crippen molar-refractivity contribution in [1.29, 1.82) is 0 Å². The van der Waals surface area contributed by atoms with Gasteiger partial charge in [-0.05, 0) is 73.5 Å². The molecule has 0 fully saturated rings. The van der Waals surface area contributed by atoms with Gasteiger partial charge in [-0.3, -0.25) is 13.9 Å². The Kier molecular flexibility index (Phi) is 11.2. The SMILES string of the molecule is CCNC(=O)[C@@H](Cc1ccccc1)N(Cc1cccc(OC)c1)C(=O)CN(c1ccc(C)cc1)S(=O)(=O)c1ccc(OC)cc1. The van der Waals surface area contributed by atoms with Crippen molar-refractivity contribution >= 4 is 27.5 Å². The second-order valence-electron chi connectivity index (χ2n) is 10.5. The van der Waals surface area contributed by atoms with Gasteiger partial charge in [0.1, 0.15) is 24.1 Å². The zero-order chi connectivity index (χ0) is 32.4. The Morgan fingerprint density at radius 2 is 1.44 bits per heavy atom. The summed E-state index contributed by atoms with van der Waals surface area (Å²) in [6, 6.07) is 28.7. The first kappa shape index (κ1) is 33.1. The average molecular weight is 630 g/mol. The Morgan fingerprint density at radius 1 is 0.800 bits per heavy atom. The Labute approximate surface area is 265 Å². The highest BCUT2D eigenvalue weighted by Gasteiger charge is 2.34. The standard InChI is InChI=1S/C35H39N3O6S/c1-5-36-35(40)33(23-27-10-7-6-8-11-27)37(24-28-12-9-13-31(22-28)44-4)34(39)25-38(29-16-14-26(2)15-17-29)45(41,42)32-20-18-30(43-3)19-21-32/h6-22,33H,5,23-25H2,1-4H3,(H,36,40)/t33-/m1/s1. The number of sulfonamides is 1. The van der Waals surface area contributed by atoms with Crippen LogP contribution in [-0.2, 0) is 32.6 Å². The number of likely N-dealkylation sites (N-methyl/N-ethyl adjacent to an activating group) is 1. The minimum atomic E-state index is -4.21. The van der Waals surface area contributed by atoms with E-state index < -0.39 is 28.5 Å². The molecule has 45 heavy (non-hydrogen) atoms. The third kappa shape index (κ3) is 8.42. The van der Waals surface area contributed by atoms with Crippen LogP contribution in [0.3, 0.4) is 0 Å². The van der Waals surface area contributed by atoms with Crippen molar-refractivity contribution in [3.63, 3.8) is 0 Å². The van der Waals surface area contributed by atoms with Gasteiger partial charge in [-0.25, -0.2) is 8.42 Å². The third-order valence-corrected chi connectivity index (χ3v) is 9.15. The summed E-state index contributed by atoms with van der Waals surface area (Å²) in [4.78, 5) is 29.5. The van der Waals surface area contributed by atoms with Crippen molar-refractivity contribution in [2.75, 3.05) is 31.6 Å². The molecule has 0 saturated carbocycles. The molecule has 236 valence electrons. The molecule has 0 aliphatic heterocycles. The monoisotopic (exact) mass is 629 g/mol. The number of nitrogens with zero attached hydrogens (tertiary/aromatic N) is 2. The minimum Gasteiger partial charge on any atom is -0.497 e. The number of benzene rings is 4. The zero-order valence-electron chi connectivity index (χ0n) is 26.0. The maximum absolute atomic E-state index is 14.5. The fraction of sp³-hybridized carbons (Fsp3) is 0.257. The van der Waals surface area contributed by atoms with Crippen molar-refractivity contribution in [2.45, 2.75) is 37.8 Å². The van der Waals surface area contributed by atoms with Gasteiger partial charge in [-0.1, -0.05) is 60.2 Å². The van der Waals surface area contributed by atoms with Gasteiger partial charge < -0.3 is 19.7 Å². The number of methoxy groups -OCH3 is 2. The average Bonchev–Trinajstić information content (AvgIpc) is 3.06. The van der Waals surface area contributed by atoms with E-state index in [9.17, 15) is 18.0 Å². The molecule has 10 heteroatoms. The van der Waals surface area contributed by atoms with Crippen molar-refractivity contribution < 1.29 is 27.5 Å². The molecule has 0 spiro atoms. The molecule has 0 heterocycles. The third-order valence-electron chi connectivity index (χ3n) is 7.36. The van der Waals surface area contributed by atoms with Gasteiger partial charge in [0.05, 0.1) is 24.8 Å². The van der Waals surface area contributed by atoms with E-state index in [1.807, 2.05) is 56.3 Å². The molecule has 0 unspecified atom stereocenters. The van der Waals surface area contributed by atoms with Gasteiger partial charge >= 0.3 is 0 Å². The van der Waals surface area contributed by atoms with Gasteiger partial charge in [-0.2, -0.15) is 0 Å². The second-order valence-corrected chi connectivity index (χ2v) is 12.4. The first-order valence-electron chi connectivity index (χ1n) is 14.6. The van der Waals surface area contributed by atoms with Crippen molar-refractivity contribution in [2.24, 2.45) is 0 Å². The molecule has 4 aromatic rings. The topological polar surface area (TPSA) is 105 Å². The predicted octanol–water partition coefficient (Wildman–Crippen LogP) is 4.98. The lowest BCUT2D eigenvalue weighted by atomic mass is 10.0. The number of ether oxygens (including phenoxy) is 2. The largest absolute Gasteiger partial charge is 0.497 e. The number of rotatable bonds is 14. The Bertz CT molecular complexity index is 1680. The van der Waals surface area contributed by atoms with E-state index in [4.69, 9.17) is 9.47 Å². The maximum atomic E-state index is 14.5. The number of hydrogen-bond donors (Lipinski definition) is 1. The highest BCUT2D eigenvalue weighted by molar-refractivity contribution is 7.92. The van der Waals surface area contributed by atoms with Gasteiger partial charge in [-0.15, -0.1) is 0 Å². The summed E-state index contributed by atoms with van der Waals surface area (Å²) in [7, 11) is -1.16. The van der Waals surface area contributed by atoms with Gasteiger partial charge in [0.2, 0.25) is 11.8 Å². The molecule has 0 bridgehead atoms. The molecule has 1 atom stereocenters. The van der Waals surface area contributed by atoms with Crippen LogP contribution in [0.1, 0.15) is 23.6 Å². The lowest BCUT2D eigenvalue weighted by Gasteiger charge is -2.34. The van der Waals surface area contributed by atoms with Crippen molar-refractivity contribution in [3.05, 3.63) is 120 Å². The first-order valence-corrected chi connectivity index (χ1v) is 16.1. The highest BCUT2D eigenvalue weighted by atomic mass is 32.2. The van der Waals surface area contributed by atoms with Gasteiger partial charge in [0, 0.05) is 19.5 Å². The van der Waals surface area contributed by atoms with Crippen LogP contribution < -0.4 is 19.1 Å². The number of carbonyl (C=O) groups is 2. The number of carbonyl (C=O) groups excluding carboxylic acids is 2. The Hall–Kier alpha value is -4.83. The molecule has 2 amide bonds. The summed E-state index contributed by atoms with van der Waals surface area (Å²) in [5, 5.41) is 2.87. The molecule has 4 aromatic carbocycles. The molecule has 0 aromatic heterocycles. The molecule has 0 aliphatic carbocycles. The van der Waals surface area contributed by atoms with Crippen LogP contribution in [0.25, 0.3) is 0 Å². The number of amides is 2. The normalized spacial score (nSPS) is 11.7. The lowest BCUT2D eigenvalue weighted by molar-refractivity contribution is -0.140. The van der Waals surface area contributed by atoms with Crippen LogP contribution in [0, 0.1) is 6.92 Å². The predicted molar refractivity (Wildman–Crippen MR) is 175 cm³/mol. The van der Waals surface area contributed by atoms with E-state index in [0.29, 0.717) is 23.7 Å². The maximum Gasteiger partial charge on any atom is 0.264 e. The van der Waals surface area contributed by atoms with E-state index in [1.165, 1.54) is 24.1 Å². The van der Waals surface area contributed by atoms with Crippen LogP contribution in [-0.4, -0.2) is 58.5 Å². The highest BCUT2D eigenvalue weighted by Crippen LogP contribution is 2.27. The minimum absolute atomic E-state index is 0.000539. The Morgan fingerprint density at radius 3 is 2.07 bits per heavy atom. The van der Waals surface area contributed by atoms with Gasteiger partial charge in [0.15, 0.2) is 0 Å². The molecule has 1 N–H and O–H groups in total. The van der Waals surface area contributed by atoms with Crippen molar-refractivity contribution in [3.8, 4) is 11.5 Å². The summed E-state index contributed by atoms with van der Waals surface area (Å²) in [5.41, 5.74) is 2.85. The molecule has 4 rings (SSSR count). The number of aryl methyl sites for hydroxylation is 1. The molecule has 0 saturated heterocycles. The fourth-order valence-electron chi connectivity index (χ4n) is 4.93. The molecular formula is C35H39N3O6S. The van der Waals surface area contributed by atoms with Crippen LogP contribution in [0.4, 0.5) is 5.69 Å². The van der Waals surface area contributed by atoms with Crippen LogP contribution in [0.5, 0.6) is 11.5 Å².